The van der Waals surface area contributed by atoms with Crippen LogP contribution in [0.2, 0.25) is 0 Å². The zero-order valence-electron chi connectivity index (χ0n) is 10.5. The predicted molar refractivity (Wildman–Crippen MR) is 71.0 cm³/mol. The highest BCUT2D eigenvalue weighted by Crippen LogP contribution is 2.26. The molecule has 2 unspecified atom stereocenters. The van der Waals surface area contributed by atoms with Crippen molar-refractivity contribution in [3.63, 3.8) is 0 Å². The molecule has 0 aliphatic heterocycles. The number of ether oxygens (including phenoxy) is 1. The van der Waals surface area contributed by atoms with E-state index in [1.807, 2.05) is 0 Å². The molecule has 0 aromatic carbocycles. The van der Waals surface area contributed by atoms with Gasteiger partial charge < -0.3 is 10.1 Å². The van der Waals surface area contributed by atoms with Gasteiger partial charge in [0.2, 0.25) is 0 Å². The monoisotopic (exact) mass is 241 g/mol. The molecule has 0 saturated heterocycles. The number of thiophene rings is 1. The van der Waals surface area contributed by atoms with Crippen LogP contribution in [0.25, 0.3) is 0 Å². The van der Waals surface area contributed by atoms with Crippen LogP contribution in [0.1, 0.15) is 38.3 Å². The van der Waals surface area contributed by atoms with Gasteiger partial charge in [0.15, 0.2) is 0 Å². The van der Waals surface area contributed by atoms with E-state index < -0.39 is 0 Å². The zero-order chi connectivity index (χ0) is 11.8. The molecule has 3 heteroatoms. The first kappa shape index (κ1) is 13.7. The minimum atomic E-state index is 0.473. The summed E-state index contributed by atoms with van der Waals surface area (Å²) < 4.78 is 5.16. The number of rotatable bonds is 8. The normalized spacial score (nSPS) is 14.9. The van der Waals surface area contributed by atoms with E-state index in [0.29, 0.717) is 12.0 Å². The molecule has 0 aliphatic carbocycles. The predicted octanol–water partition coefficient (Wildman–Crippen LogP) is 3.46. The van der Waals surface area contributed by atoms with Crippen LogP contribution in [0.3, 0.4) is 0 Å². The third-order valence-electron chi connectivity index (χ3n) is 2.86. The van der Waals surface area contributed by atoms with E-state index in [1.54, 1.807) is 18.4 Å². The fraction of sp³-hybridized carbons (Fsp3) is 0.692. The van der Waals surface area contributed by atoms with Crippen LogP contribution in [-0.4, -0.2) is 20.3 Å². The summed E-state index contributed by atoms with van der Waals surface area (Å²) in [5.41, 5.74) is 1.42. The lowest BCUT2D eigenvalue weighted by molar-refractivity contribution is 0.170. The Morgan fingerprint density at radius 3 is 2.88 bits per heavy atom. The summed E-state index contributed by atoms with van der Waals surface area (Å²) in [7, 11) is 1.77. The Balaban J connectivity index is 2.56. The Labute approximate surface area is 103 Å². The molecule has 2 atom stereocenters. The quantitative estimate of drug-likeness (QED) is 0.752. The molecule has 0 amide bonds. The van der Waals surface area contributed by atoms with Crippen molar-refractivity contribution in [2.24, 2.45) is 5.92 Å². The Morgan fingerprint density at radius 2 is 2.31 bits per heavy atom. The molecular weight excluding hydrogens is 218 g/mol. The van der Waals surface area contributed by atoms with Gasteiger partial charge in [0.1, 0.15) is 0 Å². The SMILES string of the molecule is CCCNC(c1ccsc1)C(C)CCOC. The van der Waals surface area contributed by atoms with Crippen molar-refractivity contribution in [1.29, 1.82) is 0 Å². The van der Waals surface area contributed by atoms with Gasteiger partial charge in [-0.25, -0.2) is 0 Å². The fourth-order valence-corrected chi connectivity index (χ4v) is 2.57. The molecule has 1 heterocycles. The maximum Gasteiger partial charge on any atom is 0.0465 e. The van der Waals surface area contributed by atoms with Gasteiger partial charge in [0.25, 0.3) is 0 Å². The fourth-order valence-electron chi connectivity index (χ4n) is 1.87. The van der Waals surface area contributed by atoms with Crippen LogP contribution in [0.15, 0.2) is 16.8 Å². The molecule has 92 valence electrons. The van der Waals surface area contributed by atoms with E-state index in [4.69, 9.17) is 4.74 Å². The van der Waals surface area contributed by atoms with Crippen molar-refractivity contribution >= 4 is 11.3 Å². The van der Waals surface area contributed by atoms with Gasteiger partial charge in [-0.3, -0.25) is 0 Å². The first-order valence-corrected chi connectivity index (χ1v) is 6.98. The molecule has 0 aliphatic rings. The maximum absolute atomic E-state index is 5.16. The van der Waals surface area contributed by atoms with Crippen LogP contribution in [0.5, 0.6) is 0 Å². The Kier molecular flexibility index (Phi) is 6.69. The third-order valence-corrected chi connectivity index (χ3v) is 3.56. The molecule has 2 nitrogen and oxygen atoms in total. The van der Waals surface area contributed by atoms with Crippen LogP contribution in [0.4, 0.5) is 0 Å². The van der Waals surface area contributed by atoms with Crippen molar-refractivity contribution in [1.82, 2.24) is 5.32 Å². The van der Waals surface area contributed by atoms with Gasteiger partial charge >= 0.3 is 0 Å². The third kappa shape index (κ3) is 4.24. The molecule has 1 rings (SSSR count). The molecule has 0 saturated carbocycles. The second-order valence-corrected chi connectivity index (χ2v) is 5.03. The van der Waals surface area contributed by atoms with E-state index in [1.165, 1.54) is 12.0 Å². The highest BCUT2D eigenvalue weighted by atomic mass is 32.1. The number of nitrogens with one attached hydrogen (secondary N) is 1. The van der Waals surface area contributed by atoms with Gasteiger partial charge in [0, 0.05) is 19.8 Å². The van der Waals surface area contributed by atoms with Gasteiger partial charge in [-0.05, 0) is 47.7 Å². The van der Waals surface area contributed by atoms with Crippen LogP contribution < -0.4 is 5.32 Å². The Morgan fingerprint density at radius 1 is 1.50 bits per heavy atom. The van der Waals surface area contributed by atoms with Gasteiger partial charge in [-0.15, -0.1) is 0 Å². The lowest BCUT2D eigenvalue weighted by atomic mass is 9.94. The highest BCUT2D eigenvalue weighted by molar-refractivity contribution is 7.07. The molecule has 0 spiro atoms. The van der Waals surface area contributed by atoms with Crippen molar-refractivity contribution in [2.45, 2.75) is 32.7 Å². The van der Waals surface area contributed by atoms with Gasteiger partial charge in [-0.2, -0.15) is 11.3 Å². The number of hydrogen-bond acceptors (Lipinski definition) is 3. The summed E-state index contributed by atoms with van der Waals surface area (Å²) in [5, 5.41) is 8.03. The number of methoxy groups -OCH3 is 1. The summed E-state index contributed by atoms with van der Waals surface area (Å²) in [5.74, 6) is 0.612. The van der Waals surface area contributed by atoms with Gasteiger partial charge in [-0.1, -0.05) is 13.8 Å². The Bertz CT molecular complexity index is 261. The standard InChI is InChI=1S/C13H23NOS/c1-4-7-14-13(11(2)5-8-15-3)12-6-9-16-10-12/h6,9-11,13-14H,4-5,7-8H2,1-3H3. The second kappa shape index (κ2) is 7.82. The summed E-state index contributed by atoms with van der Waals surface area (Å²) in [6, 6.07) is 2.70. The molecule has 0 radical (unpaired) electrons. The summed E-state index contributed by atoms with van der Waals surface area (Å²) in [4.78, 5) is 0. The lowest BCUT2D eigenvalue weighted by Crippen LogP contribution is -2.28. The summed E-state index contributed by atoms with van der Waals surface area (Å²) in [6.07, 6.45) is 2.28. The molecular formula is C13H23NOS. The average Bonchev–Trinajstić information content (AvgIpc) is 2.80. The van der Waals surface area contributed by atoms with E-state index >= 15 is 0 Å². The smallest absolute Gasteiger partial charge is 0.0465 e. The first-order chi connectivity index (χ1) is 7.79. The van der Waals surface area contributed by atoms with Crippen molar-refractivity contribution in [3.8, 4) is 0 Å². The molecule has 0 bridgehead atoms. The molecule has 1 N–H and O–H groups in total. The van der Waals surface area contributed by atoms with Crippen LogP contribution in [0, 0.1) is 5.92 Å². The van der Waals surface area contributed by atoms with Crippen molar-refractivity contribution in [2.75, 3.05) is 20.3 Å². The molecule has 16 heavy (non-hydrogen) atoms. The van der Waals surface area contributed by atoms with E-state index in [9.17, 15) is 0 Å². The minimum absolute atomic E-state index is 0.473. The van der Waals surface area contributed by atoms with Gasteiger partial charge in [0.05, 0.1) is 0 Å². The van der Waals surface area contributed by atoms with Crippen LogP contribution in [-0.2, 0) is 4.74 Å². The van der Waals surface area contributed by atoms with E-state index in [0.717, 1.165) is 19.6 Å². The molecule has 1 aromatic heterocycles. The Hall–Kier alpha value is -0.380. The topological polar surface area (TPSA) is 21.3 Å². The molecule has 1 aromatic rings. The summed E-state index contributed by atoms with van der Waals surface area (Å²) in [6.45, 7) is 6.43. The van der Waals surface area contributed by atoms with Crippen LogP contribution >= 0.6 is 11.3 Å². The average molecular weight is 241 g/mol. The largest absolute Gasteiger partial charge is 0.385 e. The number of hydrogen-bond donors (Lipinski definition) is 1. The molecule has 0 fully saturated rings. The van der Waals surface area contributed by atoms with E-state index in [-0.39, 0.29) is 0 Å². The second-order valence-electron chi connectivity index (χ2n) is 4.25. The maximum atomic E-state index is 5.16. The van der Waals surface area contributed by atoms with E-state index in [2.05, 4.69) is 36.0 Å². The van der Waals surface area contributed by atoms with Crippen molar-refractivity contribution in [3.05, 3.63) is 22.4 Å². The highest BCUT2D eigenvalue weighted by Gasteiger charge is 2.18. The first-order valence-electron chi connectivity index (χ1n) is 6.04. The van der Waals surface area contributed by atoms with Crippen molar-refractivity contribution < 1.29 is 4.74 Å². The zero-order valence-corrected chi connectivity index (χ0v) is 11.3. The lowest BCUT2D eigenvalue weighted by Gasteiger charge is -2.24. The summed E-state index contributed by atoms with van der Waals surface area (Å²) >= 11 is 1.77. The minimum Gasteiger partial charge on any atom is -0.385 e.